The van der Waals surface area contributed by atoms with Gasteiger partial charge in [-0.3, -0.25) is 9.59 Å². The number of ketones is 2. The van der Waals surface area contributed by atoms with E-state index in [2.05, 4.69) is 56.1 Å². The first-order valence-corrected chi connectivity index (χ1v) is 8.53. The number of allylic oxidation sites excluding steroid dienone is 4. The second-order valence-electron chi connectivity index (χ2n) is 5.54. The molecule has 108 valence electrons. The van der Waals surface area contributed by atoms with E-state index in [0.717, 1.165) is 12.0 Å². The maximum absolute atomic E-state index is 12.6. The van der Waals surface area contributed by atoms with Crippen LogP contribution in [0.25, 0.3) is 10.8 Å². The molecule has 22 heavy (non-hydrogen) atoms. The maximum Gasteiger partial charge on any atom is 0.198 e. The smallest absolute Gasteiger partial charge is 0.198 e. The highest BCUT2D eigenvalue weighted by atomic mass is 79.9. The number of benzene rings is 2. The van der Waals surface area contributed by atoms with Crippen LogP contribution >= 0.6 is 31.9 Å². The van der Waals surface area contributed by atoms with E-state index in [4.69, 9.17) is 0 Å². The molecule has 2 aliphatic rings. The molecule has 0 N–H and O–H groups in total. The third-order valence-corrected chi connectivity index (χ3v) is 6.43. The lowest BCUT2D eigenvalue weighted by atomic mass is 9.86. The Kier molecular flexibility index (Phi) is 3.20. The van der Waals surface area contributed by atoms with Crippen LogP contribution < -0.4 is 0 Å². The molecule has 4 heteroatoms. The SMILES string of the molecule is O=C1C=C(C2Cc3cccc4cccc2c34)C(=O)C(Br)=C1Br. The summed E-state index contributed by atoms with van der Waals surface area (Å²) >= 11 is 6.41. The summed E-state index contributed by atoms with van der Waals surface area (Å²) in [5.41, 5.74) is 2.95. The first kappa shape index (κ1) is 14.1. The highest BCUT2D eigenvalue weighted by Crippen LogP contribution is 2.44. The Labute approximate surface area is 144 Å². The quantitative estimate of drug-likeness (QED) is 0.637. The van der Waals surface area contributed by atoms with E-state index in [1.807, 2.05) is 12.1 Å². The number of hydrogen-bond acceptors (Lipinski definition) is 2. The second kappa shape index (κ2) is 5.00. The summed E-state index contributed by atoms with van der Waals surface area (Å²) in [6, 6.07) is 12.4. The Bertz CT molecular complexity index is 917. The van der Waals surface area contributed by atoms with Crippen molar-refractivity contribution in [3.63, 3.8) is 0 Å². The maximum atomic E-state index is 12.6. The summed E-state index contributed by atoms with van der Waals surface area (Å²) in [7, 11) is 0. The Hall–Kier alpha value is -1.52. The van der Waals surface area contributed by atoms with Gasteiger partial charge in [0.25, 0.3) is 0 Å². The predicted octanol–water partition coefficient (Wildman–Crippen LogP) is 4.56. The fourth-order valence-corrected chi connectivity index (χ4v) is 4.10. The van der Waals surface area contributed by atoms with E-state index in [0.29, 0.717) is 14.5 Å². The van der Waals surface area contributed by atoms with Crippen LogP contribution in [0.5, 0.6) is 0 Å². The Morgan fingerprint density at radius 1 is 0.955 bits per heavy atom. The van der Waals surface area contributed by atoms with E-state index < -0.39 is 0 Å². The van der Waals surface area contributed by atoms with Crippen molar-refractivity contribution >= 4 is 54.2 Å². The van der Waals surface area contributed by atoms with Gasteiger partial charge in [-0.1, -0.05) is 36.4 Å². The largest absolute Gasteiger partial charge is 0.289 e. The highest BCUT2D eigenvalue weighted by Gasteiger charge is 2.35. The van der Waals surface area contributed by atoms with Crippen LogP contribution in [0.3, 0.4) is 0 Å². The molecule has 0 radical (unpaired) electrons. The molecule has 0 spiro atoms. The lowest BCUT2D eigenvalue weighted by Crippen LogP contribution is -2.19. The summed E-state index contributed by atoms with van der Waals surface area (Å²) in [5, 5.41) is 2.41. The summed E-state index contributed by atoms with van der Waals surface area (Å²) in [5.74, 6) is -0.323. The molecule has 0 aliphatic heterocycles. The van der Waals surface area contributed by atoms with Crippen molar-refractivity contribution in [1.29, 1.82) is 0 Å². The lowest BCUT2D eigenvalue weighted by molar-refractivity contribution is -0.115. The van der Waals surface area contributed by atoms with Gasteiger partial charge in [0.2, 0.25) is 0 Å². The Balaban J connectivity index is 1.88. The molecule has 2 aromatic carbocycles. The fraction of sp³-hybridized carbons (Fsp3) is 0.111. The fourth-order valence-electron chi connectivity index (χ4n) is 3.38. The van der Waals surface area contributed by atoms with Gasteiger partial charge in [-0.05, 0) is 66.3 Å². The molecule has 0 bridgehead atoms. The normalized spacial score (nSPS) is 20.8. The third kappa shape index (κ3) is 1.90. The summed E-state index contributed by atoms with van der Waals surface area (Å²) in [6.45, 7) is 0. The van der Waals surface area contributed by atoms with Gasteiger partial charge < -0.3 is 0 Å². The number of rotatable bonds is 1. The van der Waals surface area contributed by atoms with Gasteiger partial charge in [-0.2, -0.15) is 0 Å². The first-order valence-electron chi connectivity index (χ1n) is 6.94. The third-order valence-electron chi connectivity index (χ3n) is 4.36. The van der Waals surface area contributed by atoms with Crippen LogP contribution in [-0.2, 0) is 16.0 Å². The zero-order chi connectivity index (χ0) is 15.4. The van der Waals surface area contributed by atoms with E-state index in [1.54, 1.807) is 0 Å². The van der Waals surface area contributed by atoms with Gasteiger partial charge in [0.05, 0.1) is 8.96 Å². The molecule has 2 aliphatic carbocycles. The van der Waals surface area contributed by atoms with Crippen LogP contribution in [0, 0.1) is 0 Å². The summed E-state index contributed by atoms with van der Waals surface area (Å²) in [4.78, 5) is 24.7. The molecule has 2 nitrogen and oxygen atoms in total. The molecule has 0 saturated heterocycles. The molecule has 0 fully saturated rings. The van der Waals surface area contributed by atoms with E-state index in [-0.39, 0.29) is 17.5 Å². The van der Waals surface area contributed by atoms with Crippen LogP contribution in [0.4, 0.5) is 0 Å². The number of carbonyl (C=O) groups is 2. The Morgan fingerprint density at radius 2 is 1.68 bits per heavy atom. The molecule has 0 amide bonds. The molecule has 0 saturated carbocycles. The molecule has 0 aromatic heterocycles. The standard InChI is InChI=1S/C18H10Br2O2/c19-16-14(21)8-13(18(22)17(16)20)12-7-10-5-1-3-9-4-2-6-11(12)15(9)10/h1-6,8,12H,7H2. The van der Waals surface area contributed by atoms with Crippen molar-refractivity contribution in [3.8, 4) is 0 Å². The van der Waals surface area contributed by atoms with Crippen molar-refractivity contribution in [2.45, 2.75) is 12.3 Å². The monoisotopic (exact) mass is 416 g/mol. The van der Waals surface area contributed by atoms with Gasteiger partial charge in [-0.15, -0.1) is 0 Å². The molecular formula is C18H10Br2O2. The van der Waals surface area contributed by atoms with Crippen molar-refractivity contribution < 1.29 is 9.59 Å². The van der Waals surface area contributed by atoms with Gasteiger partial charge in [0, 0.05) is 11.5 Å². The van der Waals surface area contributed by atoms with Crippen molar-refractivity contribution in [1.82, 2.24) is 0 Å². The molecule has 0 heterocycles. The van der Waals surface area contributed by atoms with Crippen LogP contribution in [-0.4, -0.2) is 11.6 Å². The van der Waals surface area contributed by atoms with Gasteiger partial charge in [0.1, 0.15) is 0 Å². The number of halogens is 2. The van der Waals surface area contributed by atoms with Gasteiger partial charge >= 0.3 is 0 Å². The number of Topliss-reactive ketones (excluding diaryl/α,β-unsaturated/α-hetero) is 1. The average molecular weight is 418 g/mol. The predicted molar refractivity (Wildman–Crippen MR) is 93.4 cm³/mol. The van der Waals surface area contributed by atoms with E-state index >= 15 is 0 Å². The van der Waals surface area contributed by atoms with Crippen molar-refractivity contribution in [2.75, 3.05) is 0 Å². The van der Waals surface area contributed by atoms with Crippen LogP contribution in [0.15, 0.2) is 57.0 Å². The topological polar surface area (TPSA) is 34.1 Å². The summed E-state index contributed by atoms with van der Waals surface area (Å²) < 4.78 is 0.619. The molecular weight excluding hydrogens is 408 g/mol. The molecule has 1 unspecified atom stereocenters. The average Bonchev–Trinajstić information content (AvgIpc) is 2.90. The van der Waals surface area contributed by atoms with Gasteiger partial charge in [0.15, 0.2) is 11.6 Å². The minimum atomic E-state index is -0.162. The minimum absolute atomic E-state index is 0.0503. The van der Waals surface area contributed by atoms with Crippen molar-refractivity contribution in [3.05, 3.63) is 68.1 Å². The van der Waals surface area contributed by atoms with Crippen molar-refractivity contribution in [2.24, 2.45) is 0 Å². The van der Waals surface area contributed by atoms with Crippen LogP contribution in [0.2, 0.25) is 0 Å². The van der Waals surface area contributed by atoms with E-state index in [1.165, 1.54) is 22.4 Å². The zero-order valence-corrected chi connectivity index (χ0v) is 14.6. The van der Waals surface area contributed by atoms with E-state index in [9.17, 15) is 9.59 Å². The second-order valence-corrected chi connectivity index (χ2v) is 7.13. The van der Waals surface area contributed by atoms with Gasteiger partial charge in [-0.25, -0.2) is 0 Å². The lowest BCUT2D eigenvalue weighted by Gasteiger charge is -2.19. The minimum Gasteiger partial charge on any atom is -0.289 e. The van der Waals surface area contributed by atoms with Crippen LogP contribution in [0.1, 0.15) is 17.0 Å². The number of hydrogen-bond donors (Lipinski definition) is 0. The summed E-state index contributed by atoms with van der Waals surface area (Å²) in [6.07, 6.45) is 2.24. The molecule has 2 aromatic rings. The molecule has 1 atom stereocenters. The Morgan fingerprint density at radius 3 is 2.45 bits per heavy atom. The zero-order valence-electron chi connectivity index (χ0n) is 11.4. The highest BCUT2D eigenvalue weighted by molar-refractivity contribution is 9.14. The molecule has 4 rings (SSSR count). The number of carbonyl (C=O) groups excluding carboxylic acids is 2. The first-order chi connectivity index (χ1) is 10.6.